The Morgan fingerprint density at radius 1 is 0.833 bits per heavy atom. The monoisotopic (exact) mass is 442 g/mol. The molecule has 0 spiro atoms. The summed E-state index contributed by atoms with van der Waals surface area (Å²) in [5.74, 6) is -0.218. The number of carbonyl (C=O) groups is 1. The van der Waals surface area contributed by atoms with Crippen molar-refractivity contribution in [2.24, 2.45) is 0 Å². The zero-order valence-electron chi connectivity index (χ0n) is 16.3. The zero-order valence-corrected chi connectivity index (χ0v) is 17.9. The van der Waals surface area contributed by atoms with Gasteiger partial charge in [0.15, 0.2) is 0 Å². The first-order valence-corrected chi connectivity index (χ1v) is 11.4. The fourth-order valence-electron chi connectivity index (χ4n) is 3.14. The van der Waals surface area contributed by atoms with Crippen LogP contribution in [-0.4, -0.2) is 27.4 Å². The molecule has 0 saturated carbocycles. The van der Waals surface area contributed by atoms with E-state index >= 15 is 0 Å². The second kappa shape index (κ2) is 10.4. The van der Waals surface area contributed by atoms with Gasteiger partial charge >= 0.3 is 0 Å². The van der Waals surface area contributed by atoms with E-state index in [4.69, 9.17) is 11.6 Å². The fraction of sp³-hybridized carbons (Fsp3) is 0.174. The molecule has 0 fully saturated rings. The van der Waals surface area contributed by atoms with Gasteiger partial charge in [-0.15, -0.1) is 0 Å². The van der Waals surface area contributed by atoms with Gasteiger partial charge < -0.3 is 5.32 Å². The molecule has 0 bridgehead atoms. The van der Waals surface area contributed by atoms with Crippen LogP contribution in [0, 0.1) is 0 Å². The van der Waals surface area contributed by atoms with Gasteiger partial charge in [0.1, 0.15) is 4.90 Å². The van der Waals surface area contributed by atoms with Gasteiger partial charge in [-0.2, -0.15) is 0 Å². The third-order valence-electron chi connectivity index (χ3n) is 4.68. The average Bonchev–Trinajstić information content (AvgIpc) is 2.75. The van der Waals surface area contributed by atoms with E-state index in [1.54, 1.807) is 12.1 Å². The maximum Gasteiger partial charge on any atom is 0.242 e. The summed E-state index contributed by atoms with van der Waals surface area (Å²) < 4.78 is 27.1. The molecule has 0 aliphatic heterocycles. The fourth-order valence-corrected chi connectivity index (χ4v) is 4.69. The highest BCUT2D eigenvalue weighted by atomic mass is 35.5. The van der Waals surface area contributed by atoms with Gasteiger partial charge in [-0.1, -0.05) is 84.4 Å². The SMILES string of the molecule is O=C(CCNS(=O)(=O)c1ccccc1Cl)NCC(c1ccccc1)c1ccccc1. The number of benzene rings is 3. The predicted molar refractivity (Wildman–Crippen MR) is 119 cm³/mol. The zero-order chi connectivity index (χ0) is 21.4. The molecule has 0 aliphatic rings. The van der Waals surface area contributed by atoms with E-state index in [0.717, 1.165) is 11.1 Å². The Morgan fingerprint density at radius 2 is 1.37 bits per heavy atom. The molecule has 5 nitrogen and oxygen atoms in total. The van der Waals surface area contributed by atoms with Crippen LogP contribution in [0.2, 0.25) is 5.02 Å². The van der Waals surface area contributed by atoms with E-state index in [2.05, 4.69) is 10.0 Å². The summed E-state index contributed by atoms with van der Waals surface area (Å²) in [6.45, 7) is 0.408. The van der Waals surface area contributed by atoms with Crippen LogP contribution in [0.5, 0.6) is 0 Å². The molecule has 3 aromatic rings. The third-order valence-corrected chi connectivity index (χ3v) is 6.64. The normalized spacial score (nSPS) is 11.4. The van der Waals surface area contributed by atoms with Crippen molar-refractivity contribution >= 4 is 27.5 Å². The van der Waals surface area contributed by atoms with E-state index < -0.39 is 10.0 Å². The van der Waals surface area contributed by atoms with Crippen LogP contribution >= 0.6 is 11.6 Å². The Morgan fingerprint density at radius 3 is 1.93 bits per heavy atom. The number of halogens is 1. The summed E-state index contributed by atoms with van der Waals surface area (Å²) in [5, 5.41) is 3.06. The highest BCUT2D eigenvalue weighted by Crippen LogP contribution is 2.23. The Bertz CT molecular complexity index is 1030. The molecule has 0 atom stereocenters. The van der Waals surface area contributed by atoms with Crippen LogP contribution in [-0.2, 0) is 14.8 Å². The van der Waals surface area contributed by atoms with Gasteiger partial charge in [-0.25, -0.2) is 13.1 Å². The quantitative estimate of drug-likeness (QED) is 0.526. The molecule has 3 aromatic carbocycles. The number of hydrogen-bond acceptors (Lipinski definition) is 3. The minimum atomic E-state index is -3.77. The number of rotatable bonds is 9. The highest BCUT2D eigenvalue weighted by Gasteiger charge is 2.18. The van der Waals surface area contributed by atoms with Crippen LogP contribution < -0.4 is 10.0 Å². The summed E-state index contributed by atoms with van der Waals surface area (Å²) in [4.78, 5) is 12.3. The summed E-state index contributed by atoms with van der Waals surface area (Å²) in [7, 11) is -3.77. The lowest BCUT2D eigenvalue weighted by Crippen LogP contribution is -2.33. The molecule has 0 radical (unpaired) electrons. The number of amides is 1. The smallest absolute Gasteiger partial charge is 0.242 e. The maximum absolute atomic E-state index is 12.3. The summed E-state index contributed by atoms with van der Waals surface area (Å²) in [5.41, 5.74) is 2.20. The topological polar surface area (TPSA) is 75.3 Å². The van der Waals surface area contributed by atoms with Gasteiger partial charge in [0, 0.05) is 25.4 Å². The molecule has 0 unspecified atom stereocenters. The van der Waals surface area contributed by atoms with E-state index in [-0.39, 0.29) is 34.7 Å². The van der Waals surface area contributed by atoms with Crippen molar-refractivity contribution in [3.8, 4) is 0 Å². The van der Waals surface area contributed by atoms with Gasteiger partial charge in [0.25, 0.3) is 0 Å². The number of carbonyl (C=O) groups excluding carboxylic acids is 1. The molecule has 0 heterocycles. The Hall–Kier alpha value is -2.67. The molecular formula is C23H23ClN2O3S. The maximum atomic E-state index is 12.3. The first-order valence-electron chi connectivity index (χ1n) is 9.58. The van der Waals surface area contributed by atoms with Crippen molar-refractivity contribution in [2.75, 3.05) is 13.1 Å². The van der Waals surface area contributed by atoms with E-state index in [1.165, 1.54) is 12.1 Å². The predicted octanol–water partition coefficient (Wildman–Crippen LogP) is 3.96. The molecule has 156 valence electrons. The summed E-state index contributed by atoms with van der Waals surface area (Å²) in [6.07, 6.45) is 0.0278. The molecule has 3 rings (SSSR count). The Labute approximate surface area is 182 Å². The summed E-state index contributed by atoms with van der Waals surface area (Å²) >= 11 is 5.95. The second-order valence-corrected chi connectivity index (χ2v) is 8.90. The Balaban J connectivity index is 1.57. The van der Waals surface area contributed by atoms with E-state index in [1.807, 2.05) is 60.7 Å². The van der Waals surface area contributed by atoms with Crippen LogP contribution in [0.25, 0.3) is 0 Å². The lowest BCUT2D eigenvalue weighted by Gasteiger charge is -2.19. The molecule has 1 amide bonds. The molecule has 7 heteroatoms. The standard InChI is InChI=1S/C23H23ClN2O3S/c24-21-13-7-8-14-22(21)30(28,29)26-16-15-23(27)25-17-20(18-9-3-1-4-10-18)19-11-5-2-6-12-19/h1-14,20,26H,15-17H2,(H,25,27). The summed E-state index contributed by atoms with van der Waals surface area (Å²) in [6, 6.07) is 26.1. The first kappa shape index (κ1) is 22.0. The average molecular weight is 443 g/mol. The van der Waals surface area contributed by atoms with E-state index in [9.17, 15) is 13.2 Å². The van der Waals surface area contributed by atoms with Crippen molar-refractivity contribution in [1.29, 1.82) is 0 Å². The molecule has 30 heavy (non-hydrogen) atoms. The molecule has 2 N–H and O–H groups in total. The van der Waals surface area contributed by atoms with Gasteiger partial charge in [0.05, 0.1) is 5.02 Å². The van der Waals surface area contributed by atoms with Crippen molar-refractivity contribution in [3.05, 3.63) is 101 Å². The lowest BCUT2D eigenvalue weighted by molar-refractivity contribution is -0.120. The molecule has 0 aliphatic carbocycles. The molecule has 0 aromatic heterocycles. The first-order chi connectivity index (χ1) is 14.5. The van der Waals surface area contributed by atoms with E-state index in [0.29, 0.717) is 6.54 Å². The van der Waals surface area contributed by atoms with Gasteiger partial charge in [-0.05, 0) is 23.3 Å². The minimum Gasteiger partial charge on any atom is -0.355 e. The van der Waals surface area contributed by atoms with Crippen molar-refractivity contribution in [1.82, 2.24) is 10.0 Å². The molecular weight excluding hydrogens is 420 g/mol. The van der Waals surface area contributed by atoms with Gasteiger partial charge in [-0.3, -0.25) is 4.79 Å². The number of hydrogen-bond donors (Lipinski definition) is 2. The number of sulfonamides is 1. The second-order valence-electron chi connectivity index (χ2n) is 6.76. The van der Waals surface area contributed by atoms with Crippen molar-refractivity contribution in [2.45, 2.75) is 17.2 Å². The largest absolute Gasteiger partial charge is 0.355 e. The molecule has 0 saturated heterocycles. The minimum absolute atomic E-state index is 0.000272. The Kier molecular flexibility index (Phi) is 7.63. The van der Waals surface area contributed by atoms with Gasteiger partial charge in [0.2, 0.25) is 15.9 Å². The van der Waals surface area contributed by atoms with Crippen LogP contribution in [0.4, 0.5) is 0 Å². The lowest BCUT2D eigenvalue weighted by atomic mass is 9.91. The van der Waals surface area contributed by atoms with Crippen LogP contribution in [0.15, 0.2) is 89.8 Å². The van der Waals surface area contributed by atoms with Crippen LogP contribution in [0.3, 0.4) is 0 Å². The van der Waals surface area contributed by atoms with Crippen LogP contribution in [0.1, 0.15) is 23.5 Å². The number of nitrogens with one attached hydrogen (secondary N) is 2. The van der Waals surface area contributed by atoms with Crippen molar-refractivity contribution in [3.63, 3.8) is 0 Å². The third kappa shape index (κ3) is 5.92. The van der Waals surface area contributed by atoms with Crippen molar-refractivity contribution < 1.29 is 13.2 Å². The highest BCUT2D eigenvalue weighted by molar-refractivity contribution is 7.89.